The summed E-state index contributed by atoms with van der Waals surface area (Å²) in [7, 11) is 7.72. The highest BCUT2D eigenvalue weighted by Gasteiger charge is 2.06. The number of benzene rings is 3. The number of hydrogen-bond acceptors (Lipinski definition) is 8. The van der Waals surface area contributed by atoms with E-state index in [1.165, 1.54) is 12.4 Å². The summed E-state index contributed by atoms with van der Waals surface area (Å²) in [5.74, 6) is -0.659. The molecular formula is C28H33N7O3. The van der Waals surface area contributed by atoms with Crippen molar-refractivity contribution in [3.8, 4) is 0 Å². The molecule has 0 aliphatic heterocycles. The SMILES string of the molecule is CN(C)c1ccc(C(=O)N/N=C/c2cc(/C=N/NC(=O)c3ccc(N(C)C)cc3)cc(NCCO)c2)cc1. The minimum atomic E-state index is -0.329. The lowest BCUT2D eigenvalue weighted by atomic mass is 10.1. The number of anilines is 3. The van der Waals surface area contributed by atoms with Gasteiger partial charge < -0.3 is 20.2 Å². The molecule has 3 rings (SSSR count). The van der Waals surface area contributed by atoms with E-state index >= 15 is 0 Å². The van der Waals surface area contributed by atoms with Gasteiger partial charge in [-0.15, -0.1) is 0 Å². The molecule has 10 nitrogen and oxygen atoms in total. The Morgan fingerprint density at radius 1 is 0.737 bits per heavy atom. The first kappa shape index (κ1) is 27.9. The van der Waals surface area contributed by atoms with Crippen molar-refractivity contribution in [2.45, 2.75) is 0 Å². The third kappa shape index (κ3) is 8.17. The Bertz CT molecular complexity index is 1190. The van der Waals surface area contributed by atoms with Crippen molar-refractivity contribution < 1.29 is 14.7 Å². The van der Waals surface area contributed by atoms with Gasteiger partial charge in [0.25, 0.3) is 11.8 Å². The van der Waals surface area contributed by atoms with Crippen LogP contribution in [-0.2, 0) is 0 Å². The number of carbonyl (C=O) groups excluding carboxylic acids is 2. The molecule has 198 valence electrons. The van der Waals surface area contributed by atoms with Crippen molar-refractivity contribution in [1.82, 2.24) is 10.9 Å². The zero-order valence-corrected chi connectivity index (χ0v) is 22.0. The van der Waals surface area contributed by atoms with Gasteiger partial charge in [-0.1, -0.05) is 0 Å². The van der Waals surface area contributed by atoms with E-state index in [0.717, 1.165) is 17.1 Å². The summed E-state index contributed by atoms with van der Waals surface area (Å²) in [6.07, 6.45) is 3.02. The summed E-state index contributed by atoms with van der Waals surface area (Å²) in [5, 5.41) is 20.4. The maximum atomic E-state index is 12.4. The molecule has 3 aromatic rings. The van der Waals surface area contributed by atoms with E-state index in [2.05, 4.69) is 26.4 Å². The Hall–Kier alpha value is -4.70. The number of aliphatic hydroxyl groups is 1. The molecule has 0 unspecified atom stereocenters. The number of amides is 2. The Morgan fingerprint density at radius 3 is 1.53 bits per heavy atom. The van der Waals surface area contributed by atoms with Crippen LogP contribution >= 0.6 is 0 Å². The zero-order chi connectivity index (χ0) is 27.5. The van der Waals surface area contributed by atoms with Gasteiger partial charge in [0.2, 0.25) is 0 Å². The van der Waals surface area contributed by atoms with Gasteiger partial charge in [-0.05, 0) is 77.9 Å². The normalized spacial score (nSPS) is 11.0. The van der Waals surface area contributed by atoms with Gasteiger partial charge in [-0.25, -0.2) is 10.9 Å². The lowest BCUT2D eigenvalue weighted by molar-refractivity contribution is 0.0947. The minimum absolute atomic E-state index is 0.0346. The van der Waals surface area contributed by atoms with E-state index in [9.17, 15) is 9.59 Å². The summed E-state index contributed by atoms with van der Waals surface area (Å²) < 4.78 is 0. The molecule has 0 heterocycles. The highest BCUT2D eigenvalue weighted by molar-refractivity contribution is 5.96. The third-order valence-corrected chi connectivity index (χ3v) is 5.47. The lowest BCUT2D eigenvalue weighted by Crippen LogP contribution is -2.18. The van der Waals surface area contributed by atoms with Crippen molar-refractivity contribution in [2.24, 2.45) is 10.2 Å². The minimum Gasteiger partial charge on any atom is -0.395 e. The molecule has 0 saturated carbocycles. The molecule has 0 aliphatic rings. The van der Waals surface area contributed by atoms with Crippen LogP contribution in [0.15, 0.2) is 76.9 Å². The van der Waals surface area contributed by atoms with Gasteiger partial charge in [0, 0.05) is 62.9 Å². The lowest BCUT2D eigenvalue weighted by Gasteiger charge is -2.12. The third-order valence-electron chi connectivity index (χ3n) is 5.47. The Balaban J connectivity index is 1.67. The van der Waals surface area contributed by atoms with E-state index in [1.54, 1.807) is 30.3 Å². The van der Waals surface area contributed by atoms with Gasteiger partial charge in [0.1, 0.15) is 0 Å². The van der Waals surface area contributed by atoms with E-state index in [1.807, 2.05) is 74.4 Å². The summed E-state index contributed by atoms with van der Waals surface area (Å²) in [6, 6.07) is 19.8. The molecule has 38 heavy (non-hydrogen) atoms. The van der Waals surface area contributed by atoms with Gasteiger partial charge in [0.15, 0.2) is 0 Å². The topological polar surface area (TPSA) is 122 Å². The molecule has 2 amide bonds. The molecule has 3 aromatic carbocycles. The Labute approximate surface area is 222 Å². The maximum Gasteiger partial charge on any atom is 0.271 e. The summed E-state index contributed by atoms with van der Waals surface area (Å²) in [4.78, 5) is 28.7. The van der Waals surface area contributed by atoms with Crippen molar-refractivity contribution in [1.29, 1.82) is 0 Å². The van der Waals surface area contributed by atoms with Crippen molar-refractivity contribution >= 4 is 41.3 Å². The fourth-order valence-corrected chi connectivity index (χ4v) is 3.41. The Kier molecular flexibility index (Phi) is 9.95. The highest BCUT2D eigenvalue weighted by atomic mass is 16.3. The number of nitrogens with one attached hydrogen (secondary N) is 3. The highest BCUT2D eigenvalue weighted by Crippen LogP contribution is 2.15. The number of hydrogen-bond donors (Lipinski definition) is 4. The average molecular weight is 516 g/mol. The van der Waals surface area contributed by atoms with Crippen LogP contribution in [0.25, 0.3) is 0 Å². The molecule has 0 atom stereocenters. The van der Waals surface area contributed by atoms with E-state index in [4.69, 9.17) is 5.11 Å². The fraction of sp³-hybridized carbons (Fsp3) is 0.214. The quantitative estimate of drug-likeness (QED) is 0.230. The number of carbonyl (C=O) groups is 2. The van der Waals surface area contributed by atoms with Crippen LogP contribution < -0.4 is 26.0 Å². The van der Waals surface area contributed by atoms with Crippen molar-refractivity contribution in [2.75, 3.05) is 56.5 Å². The standard InChI is InChI=1S/C28H33N7O3/c1-34(2)25-9-5-22(6-10-25)27(37)32-30-18-20-15-21(17-24(16-20)29-13-14-36)19-31-33-28(38)23-7-11-26(12-8-23)35(3)4/h5-12,15-19,29,36H,13-14H2,1-4H3,(H,32,37)(H,33,38)/b30-18+,31-19+. The molecule has 0 fully saturated rings. The van der Waals surface area contributed by atoms with Crippen LogP contribution in [0.4, 0.5) is 17.1 Å². The van der Waals surface area contributed by atoms with Crippen LogP contribution in [-0.4, -0.2) is 70.7 Å². The number of rotatable bonds is 11. The van der Waals surface area contributed by atoms with E-state index in [-0.39, 0.29) is 18.4 Å². The first-order valence-corrected chi connectivity index (χ1v) is 12.0. The predicted octanol–water partition coefficient (Wildman–Crippen LogP) is 2.75. The predicted molar refractivity (Wildman–Crippen MR) is 154 cm³/mol. The molecule has 10 heteroatoms. The molecule has 0 spiro atoms. The van der Waals surface area contributed by atoms with Gasteiger partial charge in [-0.3, -0.25) is 9.59 Å². The van der Waals surface area contributed by atoms with E-state index in [0.29, 0.717) is 28.8 Å². The van der Waals surface area contributed by atoms with Crippen molar-refractivity contribution in [3.63, 3.8) is 0 Å². The van der Waals surface area contributed by atoms with Gasteiger partial charge in [-0.2, -0.15) is 10.2 Å². The summed E-state index contributed by atoms with van der Waals surface area (Å²) >= 11 is 0. The maximum absolute atomic E-state index is 12.4. The fourth-order valence-electron chi connectivity index (χ4n) is 3.41. The average Bonchev–Trinajstić information content (AvgIpc) is 2.91. The van der Waals surface area contributed by atoms with Crippen LogP contribution in [0.2, 0.25) is 0 Å². The number of hydrazone groups is 2. The van der Waals surface area contributed by atoms with Crippen LogP contribution in [0.3, 0.4) is 0 Å². The first-order valence-electron chi connectivity index (χ1n) is 12.0. The van der Waals surface area contributed by atoms with Crippen LogP contribution in [0, 0.1) is 0 Å². The molecular weight excluding hydrogens is 482 g/mol. The molecule has 0 aromatic heterocycles. The monoisotopic (exact) mass is 515 g/mol. The Morgan fingerprint density at radius 2 is 1.16 bits per heavy atom. The van der Waals surface area contributed by atoms with Crippen molar-refractivity contribution in [3.05, 3.63) is 89.0 Å². The van der Waals surface area contributed by atoms with Crippen LogP contribution in [0.5, 0.6) is 0 Å². The molecule has 4 N–H and O–H groups in total. The molecule has 0 radical (unpaired) electrons. The first-order chi connectivity index (χ1) is 18.3. The number of aliphatic hydroxyl groups excluding tert-OH is 1. The second-order valence-corrected chi connectivity index (χ2v) is 8.82. The molecule has 0 aliphatic carbocycles. The van der Waals surface area contributed by atoms with Crippen LogP contribution in [0.1, 0.15) is 31.8 Å². The van der Waals surface area contributed by atoms with Gasteiger partial charge >= 0.3 is 0 Å². The van der Waals surface area contributed by atoms with Gasteiger partial charge in [0.05, 0.1) is 19.0 Å². The van der Waals surface area contributed by atoms with E-state index < -0.39 is 0 Å². The molecule has 0 bridgehead atoms. The number of nitrogens with zero attached hydrogens (tertiary/aromatic N) is 4. The second kappa shape index (κ2) is 13.6. The zero-order valence-electron chi connectivity index (χ0n) is 22.0. The smallest absolute Gasteiger partial charge is 0.271 e. The largest absolute Gasteiger partial charge is 0.395 e. The molecule has 0 saturated heterocycles. The summed E-state index contributed by atoms with van der Waals surface area (Å²) in [6.45, 7) is 0.323. The second-order valence-electron chi connectivity index (χ2n) is 8.82. The summed E-state index contributed by atoms with van der Waals surface area (Å²) in [5.41, 5.74) is 10.1.